The molecule has 0 aliphatic carbocycles. The van der Waals surface area contributed by atoms with Gasteiger partial charge in [0.15, 0.2) is 0 Å². The molecular formula is C20H38O2. The Morgan fingerprint density at radius 3 is 1.27 bits per heavy atom. The van der Waals surface area contributed by atoms with Crippen LogP contribution in [0.25, 0.3) is 0 Å². The van der Waals surface area contributed by atoms with Gasteiger partial charge in [-0.2, -0.15) is 0 Å². The van der Waals surface area contributed by atoms with Crippen LogP contribution in [0.1, 0.15) is 80.1 Å². The minimum Gasteiger partial charge on any atom is -0.396 e. The van der Waals surface area contributed by atoms with Crippen LogP contribution < -0.4 is 0 Å². The highest BCUT2D eigenvalue weighted by Gasteiger charge is 2.26. The summed E-state index contributed by atoms with van der Waals surface area (Å²) in [5.41, 5.74) is -0.0390. The molecule has 0 spiro atoms. The summed E-state index contributed by atoms with van der Waals surface area (Å²) in [5, 5.41) is 18.3. The van der Waals surface area contributed by atoms with Crippen LogP contribution in [0.2, 0.25) is 0 Å². The number of aliphatic hydroxyl groups excluding tert-OH is 2. The maximum Gasteiger partial charge on any atom is 0.0431 e. The predicted octanol–water partition coefficient (Wildman–Crippen LogP) is 4.64. The molecule has 0 radical (unpaired) electrons. The fraction of sp³-hybridized carbons (Fsp3) is 0.900. The van der Waals surface area contributed by atoms with Crippen LogP contribution in [0.5, 0.6) is 0 Å². The summed E-state index contributed by atoms with van der Waals surface area (Å²) < 4.78 is 0. The van der Waals surface area contributed by atoms with E-state index < -0.39 is 0 Å². The van der Waals surface area contributed by atoms with Crippen molar-refractivity contribution in [3.05, 3.63) is 0 Å². The molecule has 0 fully saturated rings. The number of hydrogen-bond acceptors (Lipinski definition) is 2. The topological polar surface area (TPSA) is 40.5 Å². The first-order valence-electron chi connectivity index (χ1n) is 8.92. The van der Waals surface area contributed by atoms with Crippen LogP contribution in [-0.4, -0.2) is 23.4 Å². The van der Waals surface area contributed by atoms with Gasteiger partial charge in [-0.3, -0.25) is 0 Å². The molecule has 0 saturated carbocycles. The Bertz CT molecular complexity index is 318. The van der Waals surface area contributed by atoms with Crippen LogP contribution in [0.15, 0.2) is 0 Å². The normalized spacial score (nSPS) is 17.0. The van der Waals surface area contributed by atoms with Crippen LogP contribution in [0.3, 0.4) is 0 Å². The van der Waals surface area contributed by atoms with Gasteiger partial charge in [-0.05, 0) is 64.2 Å². The van der Waals surface area contributed by atoms with E-state index in [2.05, 4.69) is 53.4 Å². The van der Waals surface area contributed by atoms with E-state index in [1.807, 2.05) is 0 Å². The van der Waals surface area contributed by atoms with Crippen molar-refractivity contribution < 1.29 is 10.2 Å². The summed E-state index contributed by atoms with van der Waals surface area (Å²) in [4.78, 5) is 0. The van der Waals surface area contributed by atoms with Crippen molar-refractivity contribution in [1.29, 1.82) is 0 Å². The minimum absolute atomic E-state index is 0.0195. The second-order valence-electron chi connectivity index (χ2n) is 8.22. The molecule has 0 aromatic heterocycles. The summed E-state index contributed by atoms with van der Waals surface area (Å²) in [5.74, 6) is 8.36. The lowest BCUT2D eigenvalue weighted by Crippen LogP contribution is -2.21. The van der Waals surface area contributed by atoms with E-state index in [1.54, 1.807) is 0 Å². The second-order valence-corrected chi connectivity index (χ2v) is 8.22. The Hall–Kier alpha value is -0.520. The van der Waals surface area contributed by atoms with Crippen LogP contribution in [0, 0.1) is 34.5 Å². The summed E-state index contributed by atoms with van der Waals surface area (Å²) in [6.07, 6.45) is 5.67. The quantitative estimate of drug-likeness (QED) is 0.577. The molecule has 2 unspecified atom stereocenters. The molecule has 2 heteroatoms. The Morgan fingerprint density at radius 1 is 0.727 bits per heavy atom. The lowest BCUT2D eigenvalue weighted by molar-refractivity contribution is 0.237. The van der Waals surface area contributed by atoms with Crippen molar-refractivity contribution in [2.24, 2.45) is 22.7 Å². The van der Waals surface area contributed by atoms with Crippen molar-refractivity contribution in [3.8, 4) is 11.8 Å². The Morgan fingerprint density at radius 2 is 1.05 bits per heavy atom. The molecule has 0 aromatic rings. The molecule has 0 amide bonds. The summed E-state index contributed by atoms with van der Waals surface area (Å²) >= 11 is 0. The van der Waals surface area contributed by atoms with Gasteiger partial charge in [-0.1, -0.05) is 39.5 Å². The third-order valence-electron chi connectivity index (χ3n) is 4.16. The lowest BCUT2D eigenvalue weighted by Gasteiger charge is -2.29. The zero-order valence-corrected chi connectivity index (χ0v) is 15.7. The zero-order valence-electron chi connectivity index (χ0n) is 15.7. The third-order valence-corrected chi connectivity index (χ3v) is 4.16. The van der Waals surface area contributed by atoms with Crippen molar-refractivity contribution in [3.63, 3.8) is 0 Å². The van der Waals surface area contributed by atoms with Crippen molar-refractivity contribution in [1.82, 2.24) is 0 Å². The van der Waals surface area contributed by atoms with Gasteiger partial charge in [0, 0.05) is 24.0 Å². The molecule has 0 saturated heterocycles. The zero-order chi connectivity index (χ0) is 17.2. The highest BCUT2D eigenvalue weighted by atomic mass is 16.3. The minimum atomic E-state index is -0.0195. The predicted molar refractivity (Wildman–Crippen MR) is 95.5 cm³/mol. The van der Waals surface area contributed by atoms with Gasteiger partial charge in [0.1, 0.15) is 0 Å². The Labute approximate surface area is 138 Å². The first-order chi connectivity index (χ1) is 10.2. The fourth-order valence-electron chi connectivity index (χ4n) is 3.47. The maximum absolute atomic E-state index is 9.15. The van der Waals surface area contributed by atoms with Crippen molar-refractivity contribution in [2.45, 2.75) is 80.1 Å². The van der Waals surface area contributed by atoms with Gasteiger partial charge in [-0.25, -0.2) is 0 Å². The van der Waals surface area contributed by atoms with Gasteiger partial charge < -0.3 is 10.2 Å². The molecular weight excluding hydrogens is 272 g/mol. The standard InChI is InChI=1S/C20H38O2/c1-17(2)15-19(5,9-7-13-21)11-12-20(6,10-8-14-22)16-18(3)4/h17-18,21-22H,7-10,13-16H2,1-6H3. The highest BCUT2D eigenvalue weighted by molar-refractivity contribution is 5.17. The Kier molecular flexibility index (Phi) is 10.0. The van der Waals surface area contributed by atoms with Gasteiger partial charge in [0.25, 0.3) is 0 Å². The molecule has 0 aromatic carbocycles. The van der Waals surface area contributed by atoms with Gasteiger partial charge >= 0.3 is 0 Å². The van der Waals surface area contributed by atoms with E-state index in [4.69, 9.17) is 10.2 Å². The molecule has 2 nitrogen and oxygen atoms in total. The van der Waals surface area contributed by atoms with E-state index in [1.165, 1.54) is 0 Å². The van der Waals surface area contributed by atoms with Gasteiger partial charge in [0.05, 0.1) is 0 Å². The highest BCUT2D eigenvalue weighted by Crippen LogP contribution is 2.34. The first kappa shape index (κ1) is 21.5. The largest absolute Gasteiger partial charge is 0.396 e. The number of aliphatic hydroxyl groups is 2. The molecule has 22 heavy (non-hydrogen) atoms. The van der Waals surface area contributed by atoms with Gasteiger partial charge in [0.2, 0.25) is 0 Å². The fourth-order valence-corrected chi connectivity index (χ4v) is 3.47. The van der Waals surface area contributed by atoms with E-state index in [0.717, 1.165) is 38.5 Å². The molecule has 0 aliphatic heterocycles. The lowest BCUT2D eigenvalue weighted by atomic mass is 9.75. The molecule has 2 atom stereocenters. The number of rotatable bonds is 10. The maximum atomic E-state index is 9.15. The average Bonchev–Trinajstić information content (AvgIpc) is 2.40. The first-order valence-corrected chi connectivity index (χ1v) is 8.92. The molecule has 0 bridgehead atoms. The van der Waals surface area contributed by atoms with E-state index in [9.17, 15) is 0 Å². The summed E-state index contributed by atoms with van der Waals surface area (Å²) in [6.45, 7) is 13.9. The Balaban J connectivity index is 5.20. The second kappa shape index (κ2) is 10.3. The average molecular weight is 311 g/mol. The number of hydrogen-bond donors (Lipinski definition) is 2. The molecule has 0 heterocycles. The van der Waals surface area contributed by atoms with E-state index >= 15 is 0 Å². The summed E-state index contributed by atoms with van der Waals surface area (Å²) in [6, 6.07) is 0. The summed E-state index contributed by atoms with van der Waals surface area (Å²) in [7, 11) is 0. The van der Waals surface area contributed by atoms with Crippen LogP contribution >= 0.6 is 0 Å². The molecule has 0 rings (SSSR count). The van der Waals surface area contributed by atoms with Crippen molar-refractivity contribution >= 4 is 0 Å². The third kappa shape index (κ3) is 9.49. The van der Waals surface area contributed by atoms with E-state index in [-0.39, 0.29) is 24.0 Å². The molecule has 130 valence electrons. The van der Waals surface area contributed by atoms with Crippen LogP contribution in [-0.2, 0) is 0 Å². The monoisotopic (exact) mass is 310 g/mol. The SMILES string of the molecule is CC(C)CC(C)(C#CC(C)(CCCO)CC(C)C)CCCO. The van der Waals surface area contributed by atoms with Crippen molar-refractivity contribution in [2.75, 3.05) is 13.2 Å². The van der Waals surface area contributed by atoms with Crippen LogP contribution in [0.4, 0.5) is 0 Å². The molecule has 2 N–H and O–H groups in total. The van der Waals surface area contributed by atoms with E-state index in [0.29, 0.717) is 11.8 Å². The van der Waals surface area contributed by atoms with Gasteiger partial charge in [-0.15, -0.1) is 0 Å². The smallest absolute Gasteiger partial charge is 0.0431 e. The molecule has 0 aliphatic rings.